The first-order valence-electron chi connectivity index (χ1n) is 13.5. The van der Waals surface area contributed by atoms with E-state index in [1.54, 1.807) is 39.0 Å². The van der Waals surface area contributed by atoms with Gasteiger partial charge in [-0.1, -0.05) is 29.9 Å². The van der Waals surface area contributed by atoms with E-state index in [2.05, 4.69) is 89.4 Å². The van der Waals surface area contributed by atoms with Crippen LogP contribution in [0.25, 0.3) is 22.3 Å². The van der Waals surface area contributed by atoms with Crippen molar-refractivity contribution in [1.82, 2.24) is 0 Å². The van der Waals surface area contributed by atoms with E-state index >= 15 is 0 Å². The van der Waals surface area contributed by atoms with Crippen molar-refractivity contribution in [2.75, 3.05) is 6.61 Å². The number of halogens is 2. The molecule has 0 N–H and O–H groups in total. The van der Waals surface area contributed by atoms with Gasteiger partial charge < -0.3 is 18.9 Å². The lowest BCUT2D eigenvalue weighted by Crippen LogP contribution is -1.99. The minimum Gasteiger partial charge on any atom is -0.477 e. The van der Waals surface area contributed by atoms with Gasteiger partial charge in [-0.3, -0.25) is 0 Å². The van der Waals surface area contributed by atoms with Crippen LogP contribution in [0, 0.1) is 95.8 Å². The number of ether oxygens (including phenoxy) is 4. The van der Waals surface area contributed by atoms with E-state index < -0.39 is 0 Å². The summed E-state index contributed by atoms with van der Waals surface area (Å²) in [5, 5.41) is 0. The van der Waals surface area contributed by atoms with Crippen LogP contribution in [0.2, 0.25) is 0 Å². The zero-order valence-corrected chi connectivity index (χ0v) is 26.7. The molecule has 6 heteroatoms. The third kappa shape index (κ3) is 9.99. The number of hydrogen-bond acceptors (Lipinski definition) is 4. The Kier molecular flexibility index (Phi) is 14.4. The molecular weight excluding hydrogens is 615 g/mol. The standard InChI is InChI=1S/C40H24Cl2O4/c1-5-9-13-21-43-37-19-17-31(27-39(37)45-23-15-11-7-3)35-25-34(30-42)36(26-33(35)29-41)32-18-20-38(44-22-14-10-6-2)40(28-32)46-24-16-12-8-4/h3,17-20,25-28H,23,29-30H2,1-2,4H3. The van der Waals surface area contributed by atoms with Gasteiger partial charge in [0.15, 0.2) is 23.0 Å². The van der Waals surface area contributed by atoms with Crippen molar-refractivity contribution in [3.8, 4) is 141 Å². The summed E-state index contributed by atoms with van der Waals surface area (Å²) in [4.78, 5) is 0. The SMILES string of the molecule is C#CC#CCOc1cc(-c2cc(CCl)c(-c3ccc(OC#CC#CC)c(OC#CC#CC)c3)cc2CCl)ccc1OC#CC#CC. The molecule has 0 radical (unpaired) electrons. The van der Waals surface area contributed by atoms with Crippen molar-refractivity contribution < 1.29 is 18.9 Å². The highest BCUT2D eigenvalue weighted by atomic mass is 35.5. The molecule has 0 spiro atoms. The Morgan fingerprint density at radius 3 is 1.48 bits per heavy atom. The van der Waals surface area contributed by atoms with Crippen molar-refractivity contribution in [3.05, 3.63) is 59.7 Å². The highest BCUT2D eigenvalue weighted by molar-refractivity contribution is 6.18. The minimum absolute atomic E-state index is 0.0531. The summed E-state index contributed by atoms with van der Waals surface area (Å²) in [6.45, 7) is 5.11. The zero-order valence-electron chi connectivity index (χ0n) is 25.2. The van der Waals surface area contributed by atoms with Crippen LogP contribution in [-0.2, 0) is 11.8 Å². The number of rotatable bonds is 9. The van der Waals surface area contributed by atoms with Crippen molar-refractivity contribution in [1.29, 1.82) is 0 Å². The Labute approximate surface area is 281 Å². The first-order valence-corrected chi connectivity index (χ1v) is 14.6. The van der Waals surface area contributed by atoms with Crippen LogP contribution in [0.1, 0.15) is 31.9 Å². The smallest absolute Gasteiger partial charge is 0.184 e. The summed E-state index contributed by atoms with van der Waals surface area (Å²) in [5.74, 6) is 33.3. The number of hydrogen-bond donors (Lipinski definition) is 0. The number of alkyl halides is 2. The van der Waals surface area contributed by atoms with E-state index in [-0.39, 0.29) is 18.4 Å². The molecular formula is C40H24Cl2O4. The van der Waals surface area contributed by atoms with E-state index in [0.717, 1.165) is 33.4 Å². The normalized spacial score (nSPS) is 8.43. The Balaban J connectivity index is 2.11. The molecule has 0 aromatic heterocycles. The molecule has 46 heavy (non-hydrogen) atoms. The first kappa shape index (κ1) is 34.4. The van der Waals surface area contributed by atoms with Crippen molar-refractivity contribution in [2.24, 2.45) is 0 Å². The summed E-state index contributed by atoms with van der Waals surface area (Å²) in [6.07, 6.45) is 12.9. The average Bonchev–Trinajstić information content (AvgIpc) is 3.09. The van der Waals surface area contributed by atoms with Gasteiger partial charge in [0.25, 0.3) is 0 Å². The van der Waals surface area contributed by atoms with E-state index in [9.17, 15) is 0 Å². The second-order valence-electron chi connectivity index (χ2n) is 8.60. The van der Waals surface area contributed by atoms with Gasteiger partial charge in [-0.2, -0.15) is 0 Å². The molecule has 3 aromatic carbocycles. The Hall–Kier alpha value is -6.08. The highest BCUT2D eigenvalue weighted by Crippen LogP contribution is 2.40. The van der Waals surface area contributed by atoms with Crippen LogP contribution in [0.3, 0.4) is 0 Å². The fourth-order valence-electron chi connectivity index (χ4n) is 3.87. The second kappa shape index (κ2) is 19.2. The summed E-state index contributed by atoms with van der Waals surface area (Å²) in [6, 6.07) is 14.8. The summed E-state index contributed by atoms with van der Waals surface area (Å²) >= 11 is 13.0. The number of terminal acetylenes is 1. The lowest BCUT2D eigenvalue weighted by molar-refractivity contribution is 0.350. The minimum atomic E-state index is 0.0531. The van der Waals surface area contributed by atoms with Crippen LogP contribution >= 0.6 is 23.2 Å². The van der Waals surface area contributed by atoms with E-state index in [1.807, 2.05) is 30.3 Å². The lowest BCUT2D eigenvalue weighted by Gasteiger charge is -2.17. The summed E-state index contributed by atoms with van der Waals surface area (Å²) in [5.41, 5.74) is 5.02. The van der Waals surface area contributed by atoms with E-state index in [0.29, 0.717) is 23.0 Å². The fraction of sp³-hybridized carbons (Fsp3) is 0.150. The topological polar surface area (TPSA) is 36.9 Å². The predicted molar refractivity (Wildman–Crippen MR) is 184 cm³/mol. The van der Waals surface area contributed by atoms with Crippen LogP contribution in [-0.4, -0.2) is 6.61 Å². The third-order valence-corrected chi connectivity index (χ3v) is 6.36. The monoisotopic (exact) mass is 638 g/mol. The molecule has 0 aliphatic rings. The fourth-order valence-corrected chi connectivity index (χ4v) is 4.31. The summed E-state index contributed by atoms with van der Waals surface area (Å²) in [7, 11) is 0. The highest BCUT2D eigenvalue weighted by Gasteiger charge is 2.17. The maximum Gasteiger partial charge on any atom is 0.184 e. The Morgan fingerprint density at radius 2 is 1.02 bits per heavy atom. The first-order chi connectivity index (χ1) is 22.6. The molecule has 0 fully saturated rings. The molecule has 0 unspecified atom stereocenters. The molecule has 3 aromatic rings. The van der Waals surface area contributed by atoms with Gasteiger partial charge >= 0.3 is 0 Å². The van der Waals surface area contributed by atoms with E-state index in [4.69, 9.17) is 48.6 Å². The van der Waals surface area contributed by atoms with Crippen LogP contribution in [0.4, 0.5) is 0 Å². The van der Waals surface area contributed by atoms with Crippen molar-refractivity contribution >= 4 is 23.2 Å². The number of benzene rings is 3. The van der Waals surface area contributed by atoms with Gasteiger partial charge in [-0.25, -0.2) is 0 Å². The lowest BCUT2D eigenvalue weighted by atomic mass is 9.91. The second-order valence-corrected chi connectivity index (χ2v) is 9.14. The van der Waals surface area contributed by atoms with Gasteiger partial charge in [0.05, 0.1) is 0 Å². The predicted octanol–water partition coefficient (Wildman–Crippen LogP) is 7.60. The van der Waals surface area contributed by atoms with Crippen LogP contribution < -0.4 is 18.9 Å². The molecule has 0 amide bonds. The maximum absolute atomic E-state index is 6.50. The average molecular weight is 640 g/mol. The largest absolute Gasteiger partial charge is 0.477 e. The molecule has 0 saturated heterocycles. The van der Waals surface area contributed by atoms with Gasteiger partial charge in [0.1, 0.15) is 24.9 Å². The van der Waals surface area contributed by atoms with Crippen molar-refractivity contribution in [2.45, 2.75) is 32.5 Å². The van der Waals surface area contributed by atoms with Crippen LogP contribution in [0.5, 0.6) is 23.0 Å². The third-order valence-electron chi connectivity index (χ3n) is 5.79. The molecule has 222 valence electrons. The molecule has 0 atom stereocenters. The quantitative estimate of drug-likeness (QED) is 0.179. The molecule has 0 bridgehead atoms. The van der Waals surface area contributed by atoms with Gasteiger partial charge in [-0.05, 0) is 126 Å². The van der Waals surface area contributed by atoms with Gasteiger partial charge in [0.2, 0.25) is 0 Å². The van der Waals surface area contributed by atoms with E-state index in [1.165, 1.54) is 0 Å². The maximum atomic E-state index is 6.50. The van der Waals surface area contributed by atoms with Gasteiger partial charge in [0, 0.05) is 29.5 Å². The van der Waals surface area contributed by atoms with Crippen molar-refractivity contribution in [3.63, 3.8) is 0 Å². The molecule has 0 heterocycles. The van der Waals surface area contributed by atoms with Crippen LogP contribution in [0.15, 0.2) is 48.5 Å². The molecule has 0 saturated carbocycles. The Bertz CT molecular complexity index is 2090. The van der Waals surface area contributed by atoms with Gasteiger partial charge in [-0.15, -0.1) is 29.6 Å². The summed E-state index contributed by atoms with van der Waals surface area (Å²) < 4.78 is 22.7. The molecule has 0 aliphatic heterocycles. The molecule has 4 nitrogen and oxygen atoms in total. The molecule has 0 aliphatic carbocycles. The molecule has 3 rings (SSSR count). The zero-order chi connectivity index (χ0) is 33.0. The Morgan fingerprint density at radius 1 is 0.565 bits per heavy atom.